The van der Waals surface area contributed by atoms with E-state index in [0.29, 0.717) is 30.8 Å². The van der Waals surface area contributed by atoms with Crippen LogP contribution >= 0.6 is 0 Å². The average molecular weight is 396 g/mol. The number of aromatic amines is 1. The Kier molecular flexibility index (Phi) is 4.78. The standard InChI is InChI=1S/C22H29N5O2/c1-14(28)23-10-21-18-8-17(20-3-2-4-22(29)27(20)21)12-26(13-18)11-15-5-6-16-9-24-25-19(16)7-15/h5-7,9,17-18,20-21H,2-4,8,10-13H2,1H3,(H,23,28)(H,24,25)/t17-,18+,20+,21+/m1/s1. The van der Waals surface area contributed by atoms with Crippen LogP contribution in [-0.4, -0.2) is 63.5 Å². The molecule has 0 spiro atoms. The van der Waals surface area contributed by atoms with Gasteiger partial charge in [-0.3, -0.25) is 19.6 Å². The number of nitrogens with one attached hydrogen (secondary N) is 2. The number of aromatic nitrogens is 2. The molecule has 3 aliphatic rings. The van der Waals surface area contributed by atoms with E-state index in [9.17, 15) is 9.59 Å². The molecule has 4 atom stereocenters. The van der Waals surface area contributed by atoms with Gasteiger partial charge in [0.25, 0.3) is 0 Å². The zero-order valence-corrected chi connectivity index (χ0v) is 16.9. The van der Waals surface area contributed by atoms with E-state index < -0.39 is 0 Å². The summed E-state index contributed by atoms with van der Waals surface area (Å²) in [5.41, 5.74) is 2.36. The molecule has 3 fully saturated rings. The molecule has 5 rings (SSSR count). The molecule has 0 aliphatic carbocycles. The minimum absolute atomic E-state index is 0.0198. The highest BCUT2D eigenvalue weighted by Gasteiger charge is 2.49. The van der Waals surface area contributed by atoms with Crippen LogP contribution in [0.3, 0.4) is 0 Å². The molecule has 2 N–H and O–H groups in total. The Morgan fingerprint density at radius 2 is 2.17 bits per heavy atom. The number of likely N-dealkylation sites (tertiary alicyclic amines) is 1. The molecule has 154 valence electrons. The quantitative estimate of drug-likeness (QED) is 0.829. The van der Waals surface area contributed by atoms with E-state index in [1.807, 2.05) is 6.20 Å². The second kappa shape index (κ2) is 7.44. The minimum Gasteiger partial charge on any atom is -0.354 e. The van der Waals surface area contributed by atoms with Crippen LogP contribution in [0.1, 0.15) is 38.2 Å². The maximum Gasteiger partial charge on any atom is 0.223 e. The highest BCUT2D eigenvalue weighted by Crippen LogP contribution is 2.41. The fourth-order valence-electron chi connectivity index (χ4n) is 5.85. The molecule has 7 nitrogen and oxygen atoms in total. The lowest BCUT2D eigenvalue weighted by Gasteiger charge is -2.56. The van der Waals surface area contributed by atoms with E-state index in [-0.39, 0.29) is 17.9 Å². The van der Waals surface area contributed by atoms with Crippen molar-refractivity contribution in [3.63, 3.8) is 0 Å². The third-order valence-corrected chi connectivity index (χ3v) is 7.04. The number of amides is 2. The number of hydrogen-bond donors (Lipinski definition) is 2. The van der Waals surface area contributed by atoms with Crippen molar-refractivity contribution in [1.82, 2.24) is 25.3 Å². The SMILES string of the molecule is CC(=O)NC[C@H]1[C@H]2C[C@H](CN(Cc3ccc4cn[nH]c4c3)C2)[C@@H]2CCCC(=O)N21. The summed E-state index contributed by atoms with van der Waals surface area (Å²) >= 11 is 0. The first-order chi connectivity index (χ1) is 14.1. The van der Waals surface area contributed by atoms with Crippen molar-refractivity contribution in [2.45, 2.75) is 51.2 Å². The predicted molar refractivity (Wildman–Crippen MR) is 110 cm³/mol. The Hall–Kier alpha value is -2.41. The fraction of sp³-hybridized carbons (Fsp3) is 0.591. The second-order valence-electron chi connectivity index (χ2n) is 9.01. The maximum atomic E-state index is 12.8. The van der Waals surface area contributed by atoms with Gasteiger partial charge in [0, 0.05) is 51.0 Å². The number of rotatable bonds is 4. The first-order valence-corrected chi connectivity index (χ1v) is 10.8. The van der Waals surface area contributed by atoms with Gasteiger partial charge >= 0.3 is 0 Å². The summed E-state index contributed by atoms with van der Waals surface area (Å²) in [4.78, 5) is 29.0. The lowest BCUT2D eigenvalue weighted by atomic mass is 9.72. The number of H-pyrrole nitrogens is 1. The van der Waals surface area contributed by atoms with E-state index >= 15 is 0 Å². The summed E-state index contributed by atoms with van der Waals surface area (Å²) in [5, 5.41) is 11.3. The molecular formula is C22H29N5O2. The lowest BCUT2D eigenvalue weighted by Crippen LogP contribution is -2.66. The minimum atomic E-state index is -0.0198. The molecule has 3 saturated heterocycles. The predicted octanol–water partition coefficient (Wildman–Crippen LogP) is 1.90. The van der Waals surface area contributed by atoms with Crippen LogP contribution in [0.2, 0.25) is 0 Å². The molecule has 0 radical (unpaired) electrons. The van der Waals surface area contributed by atoms with Crippen LogP contribution in [0.5, 0.6) is 0 Å². The number of hydrogen-bond acceptors (Lipinski definition) is 4. The molecule has 4 heterocycles. The van der Waals surface area contributed by atoms with Crippen molar-refractivity contribution >= 4 is 22.7 Å². The van der Waals surface area contributed by atoms with Crippen molar-refractivity contribution in [2.75, 3.05) is 19.6 Å². The van der Waals surface area contributed by atoms with E-state index in [0.717, 1.165) is 49.8 Å². The number of carbonyl (C=O) groups excluding carboxylic acids is 2. The molecule has 1 aromatic carbocycles. The molecule has 2 amide bonds. The molecule has 1 aromatic heterocycles. The number of fused-ring (bicyclic) bond motifs is 5. The van der Waals surface area contributed by atoms with Crippen LogP contribution in [0, 0.1) is 11.8 Å². The monoisotopic (exact) mass is 395 g/mol. The second-order valence-corrected chi connectivity index (χ2v) is 9.01. The Balaban J connectivity index is 1.37. The van der Waals surface area contributed by atoms with Gasteiger partial charge in [0.1, 0.15) is 0 Å². The molecule has 29 heavy (non-hydrogen) atoms. The normalized spacial score (nSPS) is 29.7. The van der Waals surface area contributed by atoms with E-state index in [4.69, 9.17) is 0 Å². The highest BCUT2D eigenvalue weighted by atomic mass is 16.2. The molecule has 0 unspecified atom stereocenters. The lowest BCUT2D eigenvalue weighted by molar-refractivity contribution is -0.153. The molecule has 7 heteroatoms. The van der Waals surface area contributed by atoms with Crippen molar-refractivity contribution in [1.29, 1.82) is 0 Å². The van der Waals surface area contributed by atoms with Crippen molar-refractivity contribution in [2.24, 2.45) is 11.8 Å². The third-order valence-electron chi connectivity index (χ3n) is 7.04. The van der Waals surface area contributed by atoms with Crippen LogP contribution in [0.15, 0.2) is 24.4 Å². The summed E-state index contributed by atoms with van der Waals surface area (Å²) in [5.74, 6) is 1.20. The van der Waals surface area contributed by atoms with Gasteiger partial charge in [0.2, 0.25) is 11.8 Å². The Labute approximate surface area is 170 Å². The van der Waals surface area contributed by atoms with Gasteiger partial charge in [-0.15, -0.1) is 0 Å². The molecule has 3 aliphatic heterocycles. The maximum absolute atomic E-state index is 12.8. The highest BCUT2D eigenvalue weighted by molar-refractivity contribution is 5.79. The van der Waals surface area contributed by atoms with Gasteiger partial charge in [0.05, 0.1) is 17.8 Å². The van der Waals surface area contributed by atoms with Crippen molar-refractivity contribution < 1.29 is 9.59 Å². The van der Waals surface area contributed by atoms with Crippen LogP contribution in [-0.2, 0) is 16.1 Å². The zero-order valence-electron chi connectivity index (χ0n) is 16.9. The Bertz CT molecular complexity index is 925. The number of nitrogens with zero attached hydrogens (tertiary/aromatic N) is 3. The Morgan fingerprint density at radius 3 is 3.03 bits per heavy atom. The molecule has 0 saturated carbocycles. The number of carbonyl (C=O) groups is 2. The van der Waals surface area contributed by atoms with Crippen LogP contribution in [0.25, 0.3) is 10.9 Å². The Morgan fingerprint density at radius 1 is 1.31 bits per heavy atom. The summed E-state index contributed by atoms with van der Waals surface area (Å²) < 4.78 is 0. The largest absolute Gasteiger partial charge is 0.354 e. The van der Waals surface area contributed by atoms with Gasteiger partial charge in [-0.1, -0.05) is 12.1 Å². The van der Waals surface area contributed by atoms with Crippen LogP contribution < -0.4 is 5.32 Å². The summed E-state index contributed by atoms with van der Waals surface area (Å²) in [6.07, 6.45) is 5.75. The molecule has 2 aromatic rings. The fourth-order valence-corrected chi connectivity index (χ4v) is 5.85. The number of benzene rings is 1. The van der Waals surface area contributed by atoms with E-state index in [1.54, 1.807) is 6.92 Å². The average Bonchev–Trinajstić information content (AvgIpc) is 3.16. The smallest absolute Gasteiger partial charge is 0.223 e. The van der Waals surface area contributed by atoms with Gasteiger partial charge < -0.3 is 10.2 Å². The molecule has 2 bridgehead atoms. The van der Waals surface area contributed by atoms with E-state index in [2.05, 4.69) is 43.5 Å². The topological polar surface area (TPSA) is 81.3 Å². The van der Waals surface area contributed by atoms with Crippen molar-refractivity contribution in [3.05, 3.63) is 30.0 Å². The summed E-state index contributed by atoms with van der Waals surface area (Å²) in [7, 11) is 0. The van der Waals surface area contributed by atoms with Gasteiger partial charge in [-0.05, 0) is 42.7 Å². The molecular weight excluding hydrogens is 366 g/mol. The first-order valence-electron chi connectivity index (χ1n) is 10.8. The first kappa shape index (κ1) is 18.6. The van der Waals surface area contributed by atoms with Crippen molar-refractivity contribution in [3.8, 4) is 0 Å². The third kappa shape index (κ3) is 3.52. The van der Waals surface area contributed by atoms with Gasteiger partial charge in [-0.2, -0.15) is 5.10 Å². The number of piperidine rings is 3. The van der Waals surface area contributed by atoms with Gasteiger partial charge in [0.15, 0.2) is 0 Å². The van der Waals surface area contributed by atoms with E-state index in [1.165, 1.54) is 5.56 Å². The summed E-state index contributed by atoms with van der Waals surface area (Å²) in [6.45, 7) is 5.05. The summed E-state index contributed by atoms with van der Waals surface area (Å²) in [6, 6.07) is 6.95. The zero-order chi connectivity index (χ0) is 20.0. The van der Waals surface area contributed by atoms with Gasteiger partial charge in [-0.25, -0.2) is 0 Å². The van der Waals surface area contributed by atoms with Crippen LogP contribution in [0.4, 0.5) is 0 Å².